The van der Waals surface area contributed by atoms with Crippen molar-refractivity contribution in [3.63, 3.8) is 0 Å². The Labute approximate surface area is 120 Å². The summed E-state index contributed by atoms with van der Waals surface area (Å²) in [7, 11) is 0. The third-order valence-electron chi connectivity index (χ3n) is 2.55. The number of rotatable bonds is 8. The van der Waals surface area contributed by atoms with Gasteiger partial charge in [-0.1, -0.05) is 13.8 Å². The summed E-state index contributed by atoms with van der Waals surface area (Å²) in [6, 6.07) is 1.87. The minimum absolute atomic E-state index is 0.0592. The van der Waals surface area contributed by atoms with Crippen LogP contribution in [0.2, 0.25) is 0 Å². The van der Waals surface area contributed by atoms with Gasteiger partial charge in [-0.3, -0.25) is 4.79 Å². The van der Waals surface area contributed by atoms with Gasteiger partial charge >= 0.3 is 0 Å². The molecule has 0 unspecified atom stereocenters. The summed E-state index contributed by atoms with van der Waals surface area (Å²) in [5.41, 5.74) is 0.891. The summed E-state index contributed by atoms with van der Waals surface area (Å²) in [5.74, 6) is 1.88. The van der Waals surface area contributed by atoms with Crippen LogP contribution in [0.25, 0.3) is 0 Å². The van der Waals surface area contributed by atoms with Crippen molar-refractivity contribution in [2.45, 2.75) is 34.1 Å². The molecule has 0 atom stereocenters. The molecule has 112 valence electrons. The Bertz CT molecular complexity index is 434. The lowest BCUT2D eigenvalue weighted by Gasteiger charge is -2.10. The summed E-state index contributed by atoms with van der Waals surface area (Å²) >= 11 is 0. The van der Waals surface area contributed by atoms with Gasteiger partial charge in [-0.2, -0.15) is 4.98 Å². The van der Waals surface area contributed by atoms with Gasteiger partial charge in [0.2, 0.25) is 11.9 Å². The van der Waals surface area contributed by atoms with Crippen LogP contribution >= 0.6 is 0 Å². The zero-order valence-electron chi connectivity index (χ0n) is 12.8. The quantitative estimate of drug-likeness (QED) is 0.676. The van der Waals surface area contributed by atoms with Crippen molar-refractivity contribution < 1.29 is 4.79 Å². The Hall–Kier alpha value is -1.85. The zero-order valence-corrected chi connectivity index (χ0v) is 12.8. The molecule has 0 aliphatic heterocycles. The Kier molecular flexibility index (Phi) is 6.76. The minimum atomic E-state index is 0.0592. The number of amides is 1. The normalized spacial score (nSPS) is 10.4. The number of aromatic nitrogens is 2. The standard InChI is InChI=1S/C14H25N5O/c1-5-15-14-18-11(4)8-12(19-14)16-7-6-13(20)17-9-10(2)3/h8,10H,5-7,9H2,1-4H3,(H,17,20)(H2,15,16,18,19). The van der Waals surface area contributed by atoms with Gasteiger partial charge in [-0.05, 0) is 19.8 Å². The Morgan fingerprint density at radius 3 is 2.70 bits per heavy atom. The third kappa shape index (κ3) is 6.36. The van der Waals surface area contributed by atoms with Gasteiger partial charge in [0.1, 0.15) is 5.82 Å². The highest BCUT2D eigenvalue weighted by atomic mass is 16.1. The summed E-state index contributed by atoms with van der Waals surface area (Å²) in [4.78, 5) is 20.2. The van der Waals surface area contributed by atoms with Gasteiger partial charge in [0.15, 0.2) is 0 Å². The van der Waals surface area contributed by atoms with Gasteiger partial charge in [0.05, 0.1) is 0 Å². The lowest BCUT2D eigenvalue weighted by molar-refractivity contribution is -0.120. The average Bonchev–Trinajstić information content (AvgIpc) is 2.36. The minimum Gasteiger partial charge on any atom is -0.369 e. The molecule has 0 fully saturated rings. The van der Waals surface area contributed by atoms with Crippen molar-refractivity contribution in [3.05, 3.63) is 11.8 Å². The first-order valence-corrected chi connectivity index (χ1v) is 7.11. The topological polar surface area (TPSA) is 78.9 Å². The first-order chi connectivity index (χ1) is 9.51. The molecule has 1 rings (SSSR count). The Morgan fingerprint density at radius 2 is 2.05 bits per heavy atom. The molecule has 0 aromatic carbocycles. The lowest BCUT2D eigenvalue weighted by Crippen LogP contribution is -2.28. The van der Waals surface area contributed by atoms with Gasteiger partial charge < -0.3 is 16.0 Å². The number of nitrogens with one attached hydrogen (secondary N) is 3. The fraction of sp³-hybridized carbons (Fsp3) is 0.643. The summed E-state index contributed by atoms with van der Waals surface area (Å²) in [5, 5.41) is 9.12. The maximum absolute atomic E-state index is 11.6. The number of hydrogen-bond donors (Lipinski definition) is 3. The van der Waals surface area contributed by atoms with Crippen LogP contribution in [0.15, 0.2) is 6.07 Å². The highest BCUT2D eigenvalue weighted by Crippen LogP contribution is 2.09. The molecule has 6 nitrogen and oxygen atoms in total. The van der Waals surface area contributed by atoms with Crippen molar-refractivity contribution in [2.75, 3.05) is 30.3 Å². The van der Waals surface area contributed by atoms with Gasteiger partial charge in [-0.15, -0.1) is 0 Å². The van der Waals surface area contributed by atoms with Gasteiger partial charge in [-0.25, -0.2) is 4.98 Å². The van der Waals surface area contributed by atoms with E-state index in [-0.39, 0.29) is 5.91 Å². The van der Waals surface area contributed by atoms with E-state index in [1.165, 1.54) is 0 Å². The van der Waals surface area contributed by atoms with Gasteiger partial charge in [0.25, 0.3) is 0 Å². The van der Waals surface area contributed by atoms with E-state index in [0.29, 0.717) is 24.8 Å². The van der Waals surface area contributed by atoms with Crippen LogP contribution in [0.4, 0.5) is 11.8 Å². The molecule has 1 heterocycles. The zero-order chi connectivity index (χ0) is 15.0. The molecule has 0 bridgehead atoms. The molecule has 0 spiro atoms. The van der Waals surface area contributed by atoms with E-state index in [4.69, 9.17) is 0 Å². The van der Waals surface area contributed by atoms with Crippen LogP contribution in [0.3, 0.4) is 0 Å². The second kappa shape index (κ2) is 8.35. The van der Waals surface area contributed by atoms with Crippen LogP contribution in [-0.2, 0) is 4.79 Å². The van der Waals surface area contributed by atoms with Crippen LogP contribution in [-0.4, -0.2) is 35.5 Å². The van der Waals surface area contributed by atoms with E-state index in [9.17, 15) is 4.79 Å². The summed E-state index contributed by atoms with van der Waals surface area (Å²) in [6.07, 6.45) is 0.437. The summed E-state index contributed by atoms with van der Waals surface area (Å²) < 4.78 is 0. The maximum atomic E-state index is 11.6. The second-order valence-electron chi connectivity index (χ2n) is 5.12. The third-order valence-corrected chi connectivity index (χ3v) is 2.55. The van der Waals surface area contributed by atoms with Gasteiger partial charge in [0, 0.05) is 37.8 Å². The average molecular weight is 279 g/mol. The Morgan fingerprint density at radius 1 is 1.30 bits per heavy atom. The van der Waals surface area contributed by atoms with E-state index in [0.717, 1.165) is 24.6 Å². The molecule has 0 saturated heterocycles. The highest BCUT2D eigenvalue weighted by molar-refractivity contribution is 5.76. The maximum Gasteiger partial charge on any atom is 0.224 e. The van der Waals surface area contributed by atoms with E-state index in [1.807, 2.05) is 19.9 Å². The van der Waals surface area contributed by atoms with Crippen molar-refractivity contribution in [2.24, 2.45) is 5.92 Å². The lowest BCUT2D eigenvalue weighted by atomic mass is 10.2. The fourth-order valence-corrected chi connectivity index (χ4v) is 1.61. The van der Waals surface area contributed by atoms with Crippen LogP contribution in [0.5, 0.6) is 0 Å². The molecule has 0 radical (unpaired) electrons. The molecule has 3 N–H and O–H groups in total. The monoisotopic (exact) mass is 279 g/mol. The van der Waals surface area contributed by atoms with Crippen LogP contribution in [0.1, 0.15) is 32.9 Å². The molecule has 1 amide bonds. The van der Waals surface area contributed by atoms with E-state index < -0.39 is 0 Å². The fourth-order valence-electron chi connectivity index (χ4n) is 1.61. The second-order valence-corrected chi connectivity index (χ2v) is 5.12. The number of hydrogen-bond acceptors (Lipinski definition) is 5. The SMILES string of the molecule is CCNc1nc(C)cc(NCCC(=O)NCC(C)C)n1. The molecule has 0 aliphatic carbocycles. The predicted molar refractivity (Wildman–Crippen MR) is 81.9 cm³/mol. The number of nitrogens with zero attached hydrogens (tertiary/aromatic N) is 2. The predicted octanol–water partition coefficient (Wildman–Crippen LogP) is 1.79. The van der Waals surface area contributed by atoms with E-state index in [2.05, 4.69) is 39.8 Å². The molecular weight excluding hydrogens is 254 g/mol. The molecular formula is C14H25N5O. The number of carbonyl (C=O) groups is 1. The van der Waals surface area contributed by atoms with E-state index in [1.54, 1.807) is 0 Å². The van der Waals surface area contributed by atoms with Crippen molar-refractivity contribution >= 4 is 17.7 Å². The van der Waals surface area contributed by atoms with E-state index >= 15 is 0 Å². The number of anilines is 2. The Balaban J connectivity index is 2.39. The van der Waals surface area contributed by atoms with Crippen molar-refractivity contribution in [1.82, 2.24) is 15.3 Å². The first-order valence-electron chi connectivity index (χ1n) is 7.11. The number of carbonyl (C=O) groups excluding carboxylic acids is 1. The highest BCUT2D eigenvalue weighted by Gasteiger charge is 2.04. The summed E-state index contributed by atoms with van der Waals surface area (Å²) in [6.45, 7) is 10.1. The number of aryl methyl sites for hydroxylation is 1. The molecule has 1 aromatic heterocycles. The van der Waals surface area contributed by atoms with Crippen molar-refractivity contribution in [3.8, 4) is 0 Å². The van der Waals surface area contributed by atoms with Crippen LogP contribution in [0, 0.1) is 12.8 Å². The largest absolute Gasteiger partial charge is 0.369 e. The molecule has 0 aliphatic rings. The smallest absolute Gasteiger partial charge is 0.224 e. The molecule has 6 heteroatoms. The molecule has 0 saturated carbocycles. The van der Waals surface area contributed by atoms with Crippen molar-refractivity contribution in [1.29, 1.82) is 0 Å². The van der Waals surface area contributed by atoms with Crippen LogP contribution < -0.4 is 16.0 Å². The molecule has 20 heavy (non-hydrogen) atoms. The first kappa shape index (κ1) is 16.2. The molecule has 1 aromatic rings.